The zero-order chi connectivity index (χ0) is 17.9. The largest absolute Gasteiger partial charge is 0.298 e. The van der Waals surface area contributed by atoms with E-state index in [1.165, 1.54) is 6.92 Å². The summed E-state index contributed by atoms with van der Waals surface area (Å²) in [5.41, 5.74) is 0.906. The first-order valence-electron chi connectivity index (χ1n) is 8.02. The van der Waals surface area contributed by atoms with E-state index in [1.807, 2.05) is 48.5 Å². The molecule has 0 spiro atoms. The van der Waals surface area contributed by atoms with Gasteiger partial charge in [0.05, 0.1) is 10.9 Å². The zero-order valence-electron chi connectivity index (χ0n) is 13.8. The highest BCUT2D eigenvalue weighted by molar-refractivity contribution is 7.89. The molecule has 0 bridgehead atoms. The molecule has 0 saturated carbocycles. The van der Waals surface area contributed by atoms with Gasteiger partial charge >= 0.3 is 0 Å². The molecule has 0 aliphatic carbocycles. The van der Waals surface area contributed by atoms with E-state index in [-0.39, 0.29) is 10.7 Å². The van der Waals surface area contributed by atoms with E-state index in [0.29, 0.717) is 11.8 Å². The lowest BCUT2D eigenvalue weighted by atomic mass is 10.0. The first kappa shape index (κ1) is 17.3. The third kappa shape index (κ3) is 3.95. The molecule has 25 heavy (non-hydrogen) atoms. The summed E-state index contributed by atoms with van der Waals surface area (Å²) in [7, 11) is -3.82. The van der Waals surface area contributed by atoms with E-state index in [9.17, 15) is 13.2 Å². The number of carbonyl (C=O) groups excluding carboxylic acids is 1. The van der Waals surface area contributed by atoms with Crippen LogP contribution < -0.4 is 4.72 Å². The van der Waals surface area contributed by atoms with Gasteiger partial charge in [-0.2, -0.15) is 0 Å². The van der Waals surface area contributed by atoms with Crippen molar-refractivity contribution in [2.75, 3.05) is 0 Å². The van der Waals surface area contributed by atoms with E-state index in [0.717, 1.165) is 10.9 Å². The van der Waals surface area contributed by atoms with E-state index >= 15 is 0 Å². The minimum Gasteiger partial charge on any atom is -0.298 e. The Morgan fingerprint density at radius 3 is 2.28 bits per heavy atom. The Bertz CT molecular complexity index is 992. The average molecular weight is 353 g/mol. The van der Waals surface area contributed by atoms with Crippen LogP contribution in [0.1, 0.15) is 12.5 Å². The normalized spacial score (nSPS) is 12.8. The molecule has 0 saturated heterocycles. The Morgan fingerprint density at radius 2 is 1.56 bits per heavy atom. The second-order valence-electron chi connectivity index (χ2n) is 5.95. The Kier molecular flexibility index (Phi) is 4.97. The van der Waals surface area contributed by atoms with Gasteiger partial charge in [0, 0.05) is 5.39 Å². The maximum Gasteiger partial charge on any atom is 0.241 e. The topological polar surface area (TPSA) is 63.2 Å². The van der Waals surface area contributed by atoms with Gasteiger partial charge in [-0.15, -0.1) is 0 Å². The Morgan fingerprint density at radius 1 is 0.920 bits per heavy atom. The van der Waals surface area contributed by atoms with Gasteiger partial charge in [-0.1, -0.05) is 66.7 Å². The molecule has 4 nitrogen and oxygen atoms in total. The van der Waals surface area contributed by atoms with Crippen LogP contribution in [-0.2, 0) is 21.2 Å². The summed E-state index contributed by atoms with van der Waals surface area (Å²) >= 11 is 0. The highest BCUT2D eigenvalue weighted by Gasteiger charge is 2.24. The highest BCUT2D eigenvalue weighted by atomic mass is 32.2. The first-order chi connectivity index (χ1) is 12.0. The van der Waals surface area contributed by atoms with Crippen LogP contribution in [0.15, 0.2) is 77.7 Å². The molecule has 1 atom stereocenters. The van der Waals surface area contributed by atoms with E-state index in [2.05, 4.69) is 4.72 Å². The van der Waals surface area contributed by atoms with Gasteiger partial charge in [0.15, 0.2) is 0 Å². The smallest absolute Gasteiger partial charge is 0.241 e. The van der Waals surface area contributed by atoms with Crippen molar-refractivity contribution < 1.29 is 13.2 Å². The van der Waals surface area contributed by atoms with Crippen LogP contribution in [0.3, 0.4) is 0 Å². The van der Waals surface area contributed by atoms with E-state index < -0.39 is 16.1 Å². The van der Waals surface area contributed by atoms with E-state index in [4.69, 9.17) is 0 Å². The lowest BCUT2D eigenvalue weighted by Crippen LogP contribution is -2.41. The SMILES string of the molecule is CC(=O)C(Cc1ccccc1)NS(=O)(=O)c1cccc2ccccc12. The average Bonchev–Trinajstić information content (AvgIpc) is 2.61. The lowest BCUT2D eigenvalue weighted by molar-refractivity contribution is -0.118. The summed E-state index contributed by atoms with van der Waals surface area (Å²) in [4.78, 5) is 12.2. The number of hydrogen-bond donors (Lipinski definition) is 1. The molecule has 5 heteroatoms. The maximum absolute atomic E-state index is 12.9. The molecule has 0 aliphatic heterocycles. The molecule has 0 amide bonds. The van der Waals surface area contributed by atoms with Crippen molar-refractivity contribution >= 4 is 26.6 Å². The summed E-state index contributed by atoms with van der Waals surface area (Å²) < 4.78 is 28.3. The number of carbonyl (C=O) groups is 1. The molecule has 3 rings (SSSR count). The van der Waals surface area contributed by atoms with Crippen LogP contribution in [-0.4, -0.2) is 20.2 Å². The monoisotopic (exact) mass is 353 g/mol. The molecule has 3 aromatic carbocycles. The fourth-order valence-corrected chi connectivity index (χ4v) is 4.28. The Balaban J connectivity index is 1.94. The number of hydrogen-bond acceptors (Lipinski definition) is 3. The number of fused-ring (bicyclic) bond motifs is 1. The van der Waals surface area contributed by atoms with Crippen molar-refractivity contribution in [3.8, 4) is 0 Å². The van der Waals surface area contributed by atoms with Crippen LogP contribution in [0.2, 0.25) is 0 Å². The molecule has 0 radical (unpaired) electrons. The highest BCUT2D eigenvalue weighted by Crippen LogP contribution is 2.23. The van der Waals surface area contributed by atoms with Gasteiger partial charge in [0.2, 0.25) is 10.0 Å². The lowest BCUT2D eigenvalue weighted by Gasteiger charge is -2.17. The van der Waals surface area contributed by atoms with Crippen LogP contribution in [0.25, 0.3) is 10.8 Å². The molecular weight excluding hydrogens is 334 g/mol. The quantitative estimate of drug-likeness (QED) is 0.739. The van der Waals surface area contributed by atoms with Gasteiger partial charge in [-0.05, 0) is 30.4 Å². The molecule has 1 N–H and O–H groups in total. The molecule has 0 heterocycles. The molecule has 128 valence electrons. The first-order valence-corrected chi connectivity index (χ1v) is 9.50. The number of Topliss-reactive ketones (excluding diaryl/α,β-unsaturated/α-hetero) is 1. The molecule has 3 aromatic rings. The summed E-state index contributed by atoms with van der Waals surface area (Å²) in [5.74, 6) is -0.215. The fourth-order valence-electron chi connectivity index (χ4n) is 2.80. The van der Waals surface area contributed by atoms with Crippen LogP contribution in [0.4, 0.5) is 0 Å². The van der Waals surface area contributed by atoms with Crippen molar-refractivity contribution in [2.45, 2.75) is 24.3 Å². The summed E-state index contributed by atoms with van der Waals surface area (Å²) in [6.45, 7) is 1.40. The predicted octanol–water partition coefficient (Wildman–Crippen LogP) is 3.32. The van der Waals surface area contributed by atoms with Crippen molar-refractivity contribution in [3.05, 3.63) is 78.4 Å². The van der Waals surface area contributed by atoms with Crippen molar-refractivity contribution in [3.63, 3.8) is 0 Å². The van der Waals surface area contributed by atoms with Crippen LogP contribution >= 0.6 is 0 Å². The van der Waals surface area contributed by atoms with Gasteiger partial charge in [0.1, 0.15) is 5.78 Å². The van der Waals surface area contributed by atoms with Crippen LogP contribution in [0.5, 0.6) is 0 Å². The third-order valence-electron chi connectivity index (χ3n) is 4.11. The third-order valence-corrected chi connectivity index (χ3v) is 5.64. The van der Waals surface area contributed by atoms with Crippen molar-refractivity contribution in [1.82, 2.24) is 4.72 Å². The zero-order valence-corrected chi connectivity index (χ0v) is 14.7. The minimum absolute atomic E-state index is 0.185. The van der Waals surface area contributed by atoms with E-state index in [1.54, 1.807) is 24.3 Å². The maximum atomic E-state index is 12.9. The standard InChI is InChI=1S/C20H19NO3S/c1-15(22)19(14-16-8-3-2-4-9-16)21-25(23,24)20-13-7-11-17-10-5-6-12-18(17)20/h2-13,19,21H,14H2,1H3. The molecule has 0 aliphatic rings. The second kappa shape index (κ2) is 7.17. The van der Waals surface area contributed by atoms with Crippen LogP contribution in [0, 0.1) is 0 Å². The summed E-state index contributed by atoms with van der Waals surface area (Å²) in [5, 5.41) is 1.48. The van der Waals surface area contributed by atoms with Gasteiger partial charge in [-0.25, -0.2) is 13.1 Å². The fraction of sp³-hybridized carbons (Fsp3) is 0.150. The number of rotatable bonds is 6. The molecule has 1 unspecified atom stereocenters. The Labute approximate surface area is 147 Å². The van der Waals surface area contributed by atoms with Gasteiger partial charge in [0.25, 0.3) is 0 Å². The number of nitrogens with one attached hydrogen (secondary N) is 1. The number of ketones is 1. The molecular formula is C20H19NO3S. The Hall–Kier alpha value is -2.50. The number of sulfonamides is 1. The minimum atomic E-state index is -3.82. The van der Waals surface area contributed by atoms with Crippen molar-refractivity contribution in [1.29, 1.82) is 0 Å². The second-order valence-corrected chi connectivity index (χ2v) is 7.63. The molecule has 0 aromatic heterocycles. The summed E-state index contributed by atoms with van der Waals surface area (Å²) in [6.07, 6.45) is 0.320. The van der Waals surface area contributed by atoms with Gasteiger partial charge in [-0.3, -0.25) is 4.79 Å². The predicted molar refractivity (Wildman–Crippen MR) is 98.9 cm³/mol. The number of benzene rings is 3. The van der Waals surface area contributed by atoms with Crippen molar-refractivity contribution in [2.24, 2.45) is 0 Å². The summed E-state index contributed by atoms with van der Waals surface area (Å²) in [6, 6.07) is 21.0. The van der Waals surface area contributed by atoms with Gasteiger partial charge < -0.3 is 0 Å². The molecule has 0 fully saturated rings.